The Labute approximate surface area is 72.0 Å². The molecule has 1 rings (SSSR count). The van der Waals surface area contributed by atoms with E-state index in [2.05, 4.69) is 22.2 Å². The van der Waals surface area contributed by atoms with Gasteiger partial charge in [0.25, 0.3) is 0 Å². The van der Waals surface area contributed by atoms with Crippen molar-refractivity contribution in [1.82, 2.24) is 9.97 Å². The van der Waals surface area contributed by atoms with Crippen LogP contribution in [0.25, 0.3) is 0 Å². The normalized spacial score (nSPS) is 9.50. The van der Waals surface area contributed by atoms with Crippen molar-refractivity contribution >= 4 is 5.82 Å². The molecule has 0 aliphatic carbocycles. The van der Waals surface area contributed by atoms with Gasteiger partial charge in [-0.15, -0.1) is 0 Å². The van der Waals surface area contributed by atoms with Crippen LogP contribution in [0, 0.1) is 0 Å². The number of hydrogen-bond acceptors (Lipinski definition) is 4. The predicted octanol–water partition coefficient (Wildman–Crippen LogP) is 1.31. The highest BCUT2D eigenvalue weighted by Gasteiger charge is 1.95. The van der Waals surface area contributed by atoms with Crippen molar-refractivity contribution in [2.24, 2.45) is 0 Å². The molecule has 0 atom stereocenters. The molecule has 12 heavy (non-hydrogen) atoms. The molecular formula is C8H13N3O. The van der Waals surface area contributed by atoms with Crippen molar-refractivity contribution < 1.29 is 4.74 Å². The highest BCUT2D eigenvalue weighted by Crippen LogP contribution is 2.09. The van der Waals surface area contributed by atoms with E-state index in [1.807, 2.05) is 7.05 Å². The van der Waals surface area contributed by atoms with Crippen molar-refractivity contribution in [3.05, 3.63) is 12.4 Å². The molecule has 0 saturated carbocycles. The number of nitrogens with one attached hydrogen (secondary N) is 1. The number of rotatable bonds is 4. The first kappa shape index (κ1) is 8.77. The van der Waals surface area contributed by atoms with Crippen LogP contribution in [0.1, 0.15) is 13.3 Å². The van der Waals surface area contributed by atoms with E-state index >= 15 is 0 Å². The molecule has 0 aliphatic rings. The van der Waals surface area contributed by atoms with Crippen LogP contribution in [0.2, 0.25) is 0 Å². The summed E-state index contributed by atoms with van der Waals surface area (Å²) in [4.78, 5) is 7.92. The fourth-order valence-electron chi connectivity index (χ4n) is 0.762. The Morgan fingerprint density at radius 3 is 3.00 bits per heavy atom. The van der Waals surface area contributed by atoms with Gasteiger partial charge in [-0.1, -0.05) is 6.92 Å². The maximum Gasteiger partial charge on any atom is 0.218 e. The molecule has 4 nitrogen and oxygen atoms in total. The monoisotopic (exact) mass is 167 g/mol. The number of hydrogen-bond donors (Lipinski definition) is 1. The van der Waals surface area contributed by atoms with Gasteiger partial charge in [0.1, 0.15) is 12.1 Å². The number of nitrogens with zero attached hydrogens (tertiary/aromatic N) is 2. The van der Waals surface area contributed by atoms with Gasteiger partial charge >= 0.3 is 0 Å². The molecule has 0 bridgehead atoms. The largest absolute Gasteiger partial charge is 0.478 e. The van der Waals surface area contributed by atoms with E-state index in [0.717, 1.165) is 12.2 Å². The predicted molar refractivity (Wildman–Crippen MR) is 47.4 cm³/mol. The molecule has 0 aromatic carbocycles. The minimum Gasteiger partial charge on any atom is -0.478 e. The molecule has 1 aromatic heterocycles. The molecule has 0 radical (unpaired) electrons. The van der Waals surface area contributed by atoms with Gasteiger partial charge < -0.3 is 10.1 Å². The molecule has 66 valence electrons. The van der Waals surface area contributed by atoms with E-state index < -0.39 is 0 Å². The van der Waals surface area contributed by atoms with Gasteiger partial charge in [-0.2, -0.15) is 0 Å². The fraction of sp³-hybridized carbons (Fsp3) is 0.500. The van der Waals surface area contributed by atoms with Gasteiger partial charge in [-0.05, 0) is 6.42 Å². The molecule has 1 N–H and O–H groups in total. The molecule has 1 heterocycles. The Bertz CT molecular complexity index is 239. The maximum absolute atomic E-state index is 5.31. The lowest BCUT2D eigenvalue weighted by Crippen LogP contribution is -1.99. The average Bonchev–Trinajstić information content (AvgIpc) is 2.15. The summed E-state index contributed by atoms with van der Waals surface area (Å²) in [5, 5.41) is 2.91. The number of ether oxygens (including phenoxy) is 1. The first-order valence-corrected chi connectivity index (χ1v) is 3.99. The average molecular weight is 167 g/mol. The topological polar surface area (TPSA) is 47.0 Å². The van der Waals surface area contributed by atoms with E-state index in [-0.39, 0.29) is 0 Å². The second kappa shape index (κ2) is 4.54. The Morgan fingerprint density at radius 2 is 2.33 bits per heavy atom. The van der Waals surface area contributed by atoms with Gasteiger partial charge in [-0.25, -0.2) is 9.97 Å². The highest BCUT2D eigenvalue weighted by molar-refractivity contribution is 5.35. The summed E-state index contributed by atoms with van der Waals surface area (Å²) in [7, 11) is 1.81. The van der Waals surface area contributed by atoms with Crippen LogP contribution in [0.4, 0.5) is 5.82 Å². The van der Waals surface area contributed by atoms with E-state index in [1.54, 1.807) is 6.07 Å². The molecule has 0 fully saturated rings. The lowest BCUT2D eigenvalue weighted by atomic mass is 10.5. The minimum atomic E-state index is 0.621. The van der Waals surface area contributed by atoms with Crippen molar-refractivity contribution in [3.63, 3.8) is 0 Å². The van der Waals surface area contributed by atoms with Crippen LogP contribution < -0.4 is 10.1 Å². The minimum absolute atomic E-state index is 0.621. The summed E-state index contributed by atoms with van der Waals surface area (Å²) in [5.74, 6) is 1.40. The molecule has 0 amide bonds. The zero-order valence-electron chi connectivity index (χ0n) is 7.37. The highest BCUT2D eigenvalue weighted by atomic mass is 16.5. The van der Waals surface area contributed by atoms with Gasteiger partial charge in [0.05, 0.1) is 6.61 Å². The Hall–Kier alpha value is -1.32. The lowest BCUT2D eigenvalue weighted by Gasteiger charge is -2.03. The van der Waals surface area contributed by atoms with E-state index in [4.69, 9.17) is 4.74 Å². The summed E-state index contributed by atoms with van der Waals surface area (Å²) in [5.41, 5.74) is 0. The van der Waals surface area contributed by atoms with Gasteiger partial charge in [0, 0.05) is 13.1 Å². The molecule has 4 heteroatoms. The van der Waals surface area contributed by atoms with E-state index in [9.17, 15) is 0 Å². The maximum atomic E-state index is 5.31. The summed E-state index contributed by atoms with van der Waals surface area (Å²) in [6, 6.07) is 1.77. The van der Waals surface area contributed by atoms with Gasteiger partial charge in [-0.3, -0.25) is 0 Å². The third-order valence-electron chi connectivity index (χ3n) is 1.35. The molecular weight excluding hydrogens is 154 g/mol. The van der Waals surface area contributed by atoms with Crippen LogP contribution in [0.3, 0.4) is 0 Å². The SMILES string of the molecule is CCCOc1cc(NC)ncn1. The van der Waals surface area contributed by atoms with Gasteiger partial charge in [0.15, 0.2) is 0 Å². The first-order valence-electron chi connectivity index (χ1n) is 3.99. The summed E-state index contributed by atoms with van der Waals surface area (Å²) in [6.45, 7) is 2.75. The third-order valence-corrected chi connectivity index (χ3v) is 1.35. The zero-order chi connectivity index (χ0) is 8.81. The van der Waals surface area contributed by atoms with Crippen molar-refractivity contribution in [1.29, 1.82) is 0 Å². The van der Waals surface area contributed by atoms with Gasteiger partial charge in [0.2, 0.25) is 5.88 Å². The summed E-state index contributed by atoms with van der Waals surface area (Å²) in [6.07, 6.45) is 2.47. The number of aromatic nitrogens is 2. The quantitative estimate of drug-likeness (QED) is 0.734. The molecule has 0 aliphatic heterocycles. The summed E-state index contributed by atoms with van der Waals surface area (Å²) >= 11 is 0. The summed E-state index contributed by atoms with van der Waals surface area (Å²) < 4.78 is 5.31. The zero-order valence-corrected chi connectivity index (χ0v) is 7.37. The van der Waals surface area contributed by atoms with E-state index in [1.165, 1.54) is 6.33 Å². The number of anilines is 1. The Balaban J connectivity index is 2.60. The van der Waals surface area contributed by atoms with Crippen LogP contribution in [-0.4, -0.2) is 23.6 Å². The van der Waals surface area contributed by atoms with Crippen LogP contribution in [0.15, 0.2) is 12.4 Å². The van der Waals surface area contributed by atoms with Crippen LogP contribution in [-0.2, 0) is 0 Å². The third kappa shape index (κ3) is 2.38. The lowest BCUT2D eigenvalue weighted by molar-refractivity contribution is 0.305. The molecule has 0 unspecified atom stereocenters. The van der Waals surface area contributed by atoms with Crippen molar-refractivity contribution in [2.75, 3.05) is 19.0 Å². The molecule has 0 spiro atoms. The molecule has 0 saturated heterocycles. The first-order chi connectivity index (χ1) is 5.86. The fourth-order valence-corrected chi connectivity index (χ4v) is 0.762. The van der Waals surface area contributed by atoms with Crippen LogP contribution >= 0.6 is 0 Å². The van der Waals surface area contributed by atoms with Crippen molar-refractivity contribution in [2.45, 2.75) is 13.3 Å². The Morgan fingerprint density at radius 1 is 1.50 bits per heavy atom. The van der Waals surface area contributed by atoms with E-state index in [0.29, 0.717) is 12.5 Å². The second-order valence-corrected chi connectivity index (χ2v) is 2.34. The standard InChI is InChI=1S/C8H13N3O/c1-3-4-12-8-5-7(9-2)10-6-11-8/h5-6H,3-4H2,1-2H3,(H,9,10,11). The second-order valence-electron chi connectivity index (χ2n) is 2.34. The smallest absolute Gasteiger partial charge is 0.218 e. The van der Waals surface area contributed by atoms with Crippen molar-refractivity contribution in [3.8, 4) is 5.88 Å². The van der Waals surface area contributed by atoms with Crippen LogP contribution in [0.5, 0.6) is 5.88 Å². The Kier molecular flexibility index (Phi) is 3.32. The molecule has 1 aromatic rings.